The predicted octanol–water partition coefficient (Wildman–Crippen LogP) is 2.62. The summed E-state index contributed by atoms with van der Waals surface area (Å²) in [5, 5.41) is -4.91. The molecule has 8 heteroatoms. The van der Waals surface area contributed by atoms with E-state index >= 15 is 0 Å². The minimum Gasteiger partial charge on any atom is -0.460 e. The molecule has 0 amide bonds. The van der Waals surface area contributed by atoms with Gasteiger partial charge < -0.3 is 4.74 Å². The van der Waals surface area contributed by atoms with Crippen LogP contribution in [0.15, 0.2) is 0 Å². The molecular weight excluding hydrogens is 318 g/mol. The summed E-state index contributed by atoms with van der Waals surface area (Å²) in [4.78, 5) is 11.4. The number of esters is 1. The highest BCUT2D eigenvalue weighted by atomic mass is 32.2. The number of hydrogen-bond donors (Lipinski definition) is 1. The zero-order chi connectivity index (χ0) is 16.6. The summed E-state index contributed by atoms with van der Waals surface area (Å²) in [5.41, 5.74) is 0.0448. The van der Waals surface area contributed by atoms with Gasteiger partial charge in [0.1, 0.15) is 0 Å². The highest BCUT2D eigenvalue weighted by molar-refractivity contribution is 7.87. The molecule has 0 aromatic rings. The maximum Gasteiger partial charge on any atom is 0.465 e. The van der Waals surface area contributed by atoms with Gasteiger partial charge in [-0.3, -0.25) is 4.55 Å². The molecule has 3 rings (SSSR count). The standard InChI is InChI=1S/C14H20F2O5S/c1-3-11-4-9(2)5-12(7-13(11,12)6-11)8-21-10(17)14(15,16)22(18,19)20/h9H,3-8H2,1-2H3,(H,18,19,20). The molecule has 1 N–H and O–H groups in total. The Labute approximate surface area is 128 Å². The molecule has 0 saturated heterocycles. The van der Waals surface area contributed by atoms with Crippen LogP contribution in [0.2, 0.25) is 0 Å². The normalized spacial score (nSPS) is 43.0. The maximum atomic E-state index is 13.2. The molecule has 0 aromatic heterocycles. The Morgan fingerprint density at radius 3 is 2.41 bits per heavy atom. The SMILES string of the molecule is CCC12CC(C)CC3(COC(=O)C(F)(F)S(=O)(=O)O)CC13C2. The Balaban J connectivity index is 1.70. The highest BCUT2D eigenvalue weighted by Crippen LogP contribution is 2.93. The lowest BCUT2D eigenvalue weighted by molar-refractivity contribution is -0.164. The first-order chi connectivity index (χ1) is 9.95. The van der Waals surface area contributed by atoms with Crippen LogP contribution in [0, 0.1) is 22.2 Å². The fourth-order valence-electron chi connectivity index (χ4n) is 5.26. The maximum absolute atomic E-state index is 13.2. The van der Waals surface area contributed by atoms with E-state index in [1.54, 1.807) is 0 Å². The van der Waals surface area contributed by atoms with Crippen LogP contribution in [-0.2, 0) is 19.6 Å². The van der Waals surface area contributed by atoms with Crippen molar-refractivity contribution in [3.8, 4) is 0 Å². The summed E-state index contributed by atoms with van der Waals surface area (Å²) in [7, 11) is -5.80. The van der Waals surface area contributed by atoms with Gasteiger partial charge in [-0.2, -0.15) is 17.2 Å². The molecule has 4 unspecified atom stereocenters. The molecule has 22 heavy (non-hydrogen) atoms. The number of carbonyl (C=O) groups is 1. The largest absolute Gasteiger partial charge is 0.465 e. The fraction of sp³-hybridized carbons (Fsp3) is 0.929. The number of halogens is 2. The average Bonchev–Trinajstić information content (AvgIpc) is 3.21. The summed E-state index contributed by atoms with van der Waals surface area (Å²) in [5.74, 6) is -1.76. The van der Waals surface area contributed by atoms with Crippen molar-refractivity contribution in [3.05, 3.63) is 0 Å². The van der Waals surface area contributed by atoms with Crippen molar-refractivity contribution >= 4 is 16.1 Å². The lowest BCUT2D eigenvalue weighted by Gasteiger charge is -2.32. The topological polar surface area (TPSA) is 80.7 Å². The number of alkyl halides is 2. The minimum absolute atomic E-state index is 0.0922. The molecule has 4 atom stereocenters. The summed E-state index contributed by atoms with van der Waals surface area (Å²) >= 11 is 0. The van der Waals surface area contributed by atoms with Crippen LogP contribution in [0.3, 0.4) is 0 Å². The van der Waals surface area contributed by atoms with Crippen molar-refractivity contribution in [1.82, 2.24) is 0 Å². The summed E-state index contributed by atoms with van der Waals surface area (Å²) < 4.78 is 60.6. The van der Waals surface area contributed by atoms with Gasteiger partial charge >= 0.3 is 21.3 Å². The number of rotatable bonds is 5. The molecule has 0 radical (unpaired) electrons. The van der Waals surface area contributed by atoms with Crippen LogP contribution in [-0.4, -0.2) is 30.8 Å². The van der Waals surface area contributed by atoms with Crippen molar-refractivity contribution in [2.45, 2.75) is 51.2 Å². The molecule has 5 nitrogen and oxygen atoms in total. The second kappa shape index (κ2) is 4.20. The first-order valence-electron chi connectivity index (χ1n) is 7.47. The van der Waals surface area contributed by atoms with E-state index in [9.17, 15) is 22.0 Å². The molecular formula is C14H20F2O5S. The van der Waals surface area contributed by atoms with Crippen molar-refractivity contribution in [2.24, 2.45) is 22.2 Å². The molecule has 3 aliphatic rings. The van der Waals surface area contributed by atoms with Crippen LogP contribution in [0.25, 0.3) is 0 Å². The molecule has 3 aliphatic carbocycles. The molecule has 3 saturated carbocycles. The smallest absolute Gasteiger partial charge is 0.460 e. The Morgan fingerprint density at radius 2 is 1.86 bits per heavy atom. The molecule has 1 spiro atoms. The van der Waals surface area contributed by atoms with Gasteiger partial charge in [-0.1, -0.05) is 13.8 Å². The summed E-state index contributed by atoms with van der Waals surface area (Å²) in [6.07, 6.45) is 4.82. The van der Waals surface area contributed by atoms with Gasteiger partial charge in [-0.15, -0.1) is 0 Å². The monoisotopic (exact) mass is 338 g/mol. The predicted molar refractivity (Wildman–Crippen MR) is 72.7 cm³/mol. The van der Waals surface area contributed by atoms with Gasteiger partial charge in [-0.05, 0) is 48.9 Å². The molecule has 126 valence electrons. The Morgan fingerprint density at radius 1 is 1.32 bits per heavy atom. The van der Waals surface area contributed by atoms with Crippen molar-refractivity contribution in [2.75, 3.05) is 6.61 Å². The van der Waals surface area contributed by atoms with Gasteiger partial charge in [0.15, 0.2) is 0 Å². The van der Waals surface area contributed by atoms with Crippen LogP contribution in [0.5, 0.6) is 0 Å². The van der Waals surface area contributed by atoms with Gasteiger partial charge in [-0.25, -0.2) is 4.79 Å². The average molecular weight is 338 g/mol. The summed E-state index contributed by atoms with van der Waals surface area (Å²) in [6, 6.07) is 0. The Hall–Kier alpha value is -0.760. The van der Waals surface area contributed by atoms with Gasteiger partial charge in [0.25, 0.3) is 0 Å². The molecule has 0 heterocycles. The zero-order valence-electron chi connectivity index (χ0n) is 12.6. The van der Waals surface area contributed by atoms with Gasteiger partial charge in [0.2, 0.25) is 0 Å². The Kier molecular flexibility index (Phi) is 3.08. The Bertz CT molecular complexity index is 633. The van der Waals surface area contributed by atoms with Crippen molar-refractivity contribution in [1.29, 1.82) is 0 Å². The molecule has 3 fully saturated rings. The second-order valence-corrected chi connectivity index (χ2v) is 8.89. The zero-order valence-corrected chi connectivity index (χ0v) is 13.4. The summed E-state index contributed by atoms with van der Waals surface area (Å²) in [6.45, 7) is 4.03. The van der Waals surface area contributed by atoms with Crippen LogP contribution < -0.4 is 0 Å². The van der Waals surface area contributed by atoms with E-state index in [-0.39, 0.29) is 22.9 Å². The van der Waals surface area contributed by atoms with Crippen LogP contribution in [0.4, 0.5) is 8.78 Å². The second-order valence-electron chi connectivity index (χ2n) is 7.43. The third-order valence-electron chi connectivity index (χ3n) is 6.26. The van der Waals surface area contributed by atoms with Crippen molar-refractivity contribution < 1.29 is 31.3 Å². The first kappa shape index (κ1) is 16.1. The van der Waals surface area contributed by atoms with E-state index in [2.05, 4.69) is 18.6 Å². The van der Waals surface area contributed by atoms with E-state index in [0.717, 1.165) is 32.1 Å². The first-order valence-corrected chi connectivity index (χ1v) is 8.91. The van der Waals surface area contributed by atoms with Crippen LogP contribution >= 0.6 is 0 Å². The van der Waals surface area contributed by atoms with Gasteiger partial charge in [0.05, 0.1) is 6.61 Å². The minimum atomic E-state index is -5.80. The number of carbonyl (C=O) groups excluding carboxylic acids is 1. The van der Waals surface area contributed by atoms with E-state index < -0.39 is 21.3 Å². The molecule has 0 aromatic carbocycles. The van der Waals surface area contributed by atoms with E-state index in [0.29, 0.717) is 5.92 Å². The highest BCUT2D eigenvalue weighted by Gasteiger charge is 2.87. The molecule has 0 bridgehead atoms. The quantitative estimate of drug-likeness (QED) is 0.616. The van der Waals surface area contributed by atoms with Gasteiger partial charge in [0, 0.05) is 5.41 Å². The van der Waals surface area contributed by atoms with E-state index in [1.807, 2.05) is 0 Å². The number of ether oxygens (including phenoxy) is 1. The lowest BCUT2D eigenvalue weighted by atomic mass is 9.75. The van der Waals surface area contributed by atoms with Crippen molar-refractivity contribution in [3.63, 3.8) is 0 Å². The third kappa shape index (κ3) is 1.82. The molecule has 0 aliphatic heterocycles. The number of hydrogen-bond acceptors (Lipinski definition) is 4. The van der Waals surface area contributed by atoms with E-state index in [4.69, 9.17) is 4.55 Å². The third-order valence-corrected chi connectivity index (χ3v) is 7.07. The van der Waals surface area contributed by atoms with Crippen LogP contribution in [0.1, 0.15) is 46.0 Å². The lowest BCUT2D eigenvalue weighted by Crippen LogP contribution is -2.40. The van der Waals surface area contributed by atoms with E-state index in [1.165, 1.54) is 0 Å². The fourth-order valence-corrected chi connectivity index (χ4v) is 5.53.